The number of carbonyl (C=O) groups is 1. The molecule has 0 bridgehead atoms. The van der Waals surface area contributed by atoms with Gasteiger partial charge < -0.3 is 14.5 Å². The number of aromatic nitrogens is 3. The van der Waals surface area contributed by atoms with Crippen LogP contribution in [-0.4, -0.2) is 33.0 Å². The van der Waals surface area contributed by atoms with Crippen molar-refractivity contribution in [2.45, 2.75) is 12.1 Å². The lowest BCUT2D eigenvalue weighted by Gasteiger charge is -2.11. The SMILES string of the molecule is CCOc1ccc(-n2c(SCC(=O)Nc3cc(Cl)cc(Cl)c3)nnc2-c2ccco2)cc1. The van der Waals surface area contributed by atoms with Crippen molar-refractivity contribution in [3.63, 3.8) is 0 Å². The Balaban J connectivity index is 1.56. The lowest BCUT2D eigenvalue weighted by molar-refractivity contribution is -0.113. The van der Waals surface area contributed by atoms with Crippen LogP contribution in [-0.2, 0) is 4.79 Å². The number of thioether (sulfide) groups is 1. The molecule has 0 saturated heterocycles. The lowest BCUT2D eigenvalue weighted by Crippen LogP contribution is -2.14. The summed E-state index contributed by atoms with van der Waals surface area (Å²) in [5.41, 5.74) is 1.34. The van der Waals surface area contributed by atoms with Gasteiger partial charge in [-0.2, -0.15) is 0 Å². The molecule has 1 N–H and O–H groups in total. The van der Waals surface area contributed by atoms with Gasteiger partial charge in [0.05, 0.1) is 24.3 Å². The zero-order valence-electron chi connectivity index (χ0n) is 16.9. The molecule has 0 saturated carbocycles. The highest BCUT2D eigenvalue weighted by molar-refractivity contribution is 7.99. The minimum Gasteiger partial charge on any atom is -0.494 e. The Morgan fingerprint density at radius 3 is 2.53 bits per heavy atom. The second kappa shape index (κ2) is 10.1. The molecule has 1 amide bonds. The van der Waals surface area contributed by atoms with E-state index in [-0.39, 0.29) is 11.7 Å². The highest BCUT2D eigenvalue weighted by atomic mass is 35.5. The maximum Gasteiger partial charge on any atom is 0.234 e. The van der Waals surface area contributed by atoms with Crippen molar-refractivity contribution in [2.75, 3.05) is 17.7 Å². The van der Waals surface area contributed by atoms with Gasteiger partial charge in [-0.25, -0.2) is 0 Å². The van der Waals surface area contributed by atoms with Gasteiger partial charge in [-0.05, 0) is 61.5 Å². The molecule has 32 heavy (non-hydrogen) atoms. The number of halogens is 2. The quantitative estimate of drug-likeness (QED) is 0.308. The Hall–Kier alpha value is -2.94. The zero-order chi connectivity index (χ0) is 22.5. The normalized spacial score (nSPS) is 10.8. The fourth-order valence-corrected chi connectivity index (χ4v) is 4.25. The molecule has 10 heteroatoms. The molecule has 0 atom stereocenters. The van der Waals surface area contributed by atoms with E-state index in [2.05, 4.69) is 15.5 Å². The van der Waals surface area contributed by atoms with Crippen LogP contribution < -0.4 is 10.1 Å². The summed E-state index contributed by atoms with van der Waals surface area (Å²) in [6.45, 7) is 2.51. The number of nitrogens with one attached hydrogen (secondary N) is 1. The maximum atomic E-state index is 12.5. The van der Waals surface area contributed by atoms with Crippen molar-refractivity contribution >= 4 is 46.6 Å². The number of rotatable bonds is 8. The van der Waals surface area contributed by atoms with Crippen LogP contribution in [0.2, 0.25) is 10.0 Å². The van der Waals surface area contributed by atoms with Crippen LogP contribution in [0.3, 0.4) is 0 Å². The minimum absolute atomic E-state index is 0.109. The summed E-state index contributed by atoms with van der Waals surface area (Å²) in [6.07, 6.45) is 1.57. The van der Waals surface area contributed by atoms with Crippen LogP contribution >= 0.6 is 35.0 Å². The number of ether oxygens (including phenoxy) is 1. The minimum atomic E-state index is -0.228. The van der Waals surface area contributed by atoms with Gasteiger partial charge >= 0.3 is 0 Å². The van der Waals surface area contributed by atoms with E-state index >= 15 is 0 Å². The Bertz CT molecular complexity index is 1190. The summed E-state index contributed by atoms with van der Waals surface area (Å²) in [7, 11) is 0. The molecule has 7 nitrogen and oxygen atoms in total. The molecule has 4 rings (SSSR count). The Labute approximate surface area is 198 Å². The van der Waals surface area contributed by atoms with Crippen LogP contribution in [0.15, 0.2) is 70.4 Å². The van der Waals surface area contributed by atoms with Gasteiger partial charge in [0.15, 0.2) is 10.9 Å². The van der Waals surface area contributed by atoms with Gasteiger partial charge in [-0.1, -0.05) is 35.0 Å². The van der Waals surface area contributed by atoms with Crippen molar-refractivity contribution in [3.8, 4) is 23.0 Å². The average Bonchev–Trinajstić information content (AvgIpc) is 3.42. The predicted octanol–water partition coefficient (Wildman–Crippen LogP) is 5.96. The molecular weight excluding hydrogens is 471 g/mol. The smallest absolute Gasteiger partial charge is 0.234 e. The largest absolute Gasteiger partial charge is 0.494 e. The van der Waals surface area contributed by atoms with E-state index in [0.717, 1.165) is 11.4 Å². The average molecular weight is 489 g/mol. The number of furan rings is 1. The van der Waals surface area contributed by atoms with Crippen LogP contribution in [0.4, 0.5) is 5.69 Å². The molecule has 2 aromatic heterocycles. The van der Waals surface area contributed by atoms with E-state index in [0.29, 0.717) is 39.1 Å². The third-order valence-corrected chi connectivity index (χ3v) is 5.62. The Morgan fingerprint density at radius 1 is 1.12 bits per heavy atom. The molecule has 0 unspecified atom stereocenters. The molecule has 0 aliphatic carbocycles. The first-order valence-corrected chi connectivity index (χ1v) is 11.4. The first-order valence-electron chi connectivity index (χ1n) is 9.64. The number of carbonyl (C=O) groups excluding carboxylic acids is 1. The Kier molecular flexibility index (Phi) is 7.04. The third-order valence-electron chi connectivity index (χ3n) is 4.26. The van der Waals surface area contributed by atoms with Crippen molar-refractivity contribution in [1.82, 2.24) is 14.8 Å². The number of amides is 1. The molecular formula is C22H18Cl2N4O3S. The standard InChI is InChI=1S/C22H18Cl2N4O3S/c1-2-30-18-7-5-17(6-8-18)28-21(19-4-3-9-31-19)26-27-22(28)32-13-20(29)25-16-11-14(23)10-15(24)12-16/h3-12H,2,13H2,1H3,(H,25,29). The van der Waals surface area contributed by atoms with E-state index in [9.17, 15) is 4.79 Å². The first-order chi connectivity index (χ1) is 15.5. The van der Waals surface area contributed by atoms with Crippen LogP contribution in [0, 0.1) is 0 Å². The topological polar surface area (TPSA) is 82.2 Å². The molecule has 0 spiro atoms. The van der Waals surface area contributed by atoms with Crippen molar-refractivity contribution in [2.24, 2.45) is 0 Å². The summed E-state index contributed by atoms with van der Waals surface area (Å²) in [4.78, 5) is 12.5. The fourth-order valence-electron chi connectivity index (χ4n) is 2.97. The van der Waals surface area contributed by atoms with Crippen LogP contribution in [0.25, 0.3) is 17.3 Å². The third kappa shape index (κ3) is 5.27. The zero-order valence-corrected chi connectivity index (χ0v) is 19.2. The Morgan fingerprint density at radius 2 is 1.88 bits per heavy atom. The monoisotopic (exact) mass is 488 g/mol. The number of hydrogen-bond donors (Lipinski definition) is 1. The van der Waals surface area contributed by atoms with Gasteiger partial charge in [0.2, 0.25) is 11.7 Å². The van der Waals surface area contributed by atoms with E-state index in [1.54, 1.807) is 36.6 Å². The highest BCUT2D eigenvalue weighted by Crippen LogP contribution is 2.29. The number of hydrogen-bond acceptors (Lipinski definition) is 6. The van der Waals surface area contributed by atoms with Gasteiger partial charge in [0, 0.05) is 15.7 Å². The van der Waals surface area contributed by atoms with Gasteiger partial charge in [0.1, 0.15) is 5.75 Å². The summed E-state index contributed by atoms with van der Waals surface area (Å²) in [5.74, 6) is 1.74. The molecule has 2 heterocycles. The fraction of sp³-hybridized carbons (Fsp3) is 0.136. The van der Waals surface area contributed by atoms with Gasteiger partial charge in [-0.15, -0.1) is 10.2 Å². The van der Waals surface area contributed by atoms with E-state index in [4.69, 9.17) is 32.4 Å². The molecule has 0 aliphatic heterocycles. The molecule has 164 valence electrons. The van der Waals surface area contributed by atoms with Gasteiger partial charge in [0.25, 0.3) is 0 Å². The second-order valence-electron chi connectivity index (χ2n) is 6.54. The van der Waals surface area contributed by atoms with E-state index < -0.39 is 0 Å². The molecule has 0 fully saturated rings. The number of nitrogens with zero attached hydrogens (tertiary/aromatic N) is 3. The summed E-state index contributed by atoms with van der Waals surface area (Å²) in [6, 6.07) is 16.0. The summed E-state index contributed by atoms with van der Waals surface area (Å²) in [5, 5.41) is 12.8. The lowest BCUT2D eigenvalue weighted by atomic mass is 10.3. The summed E-state index contributed by atoms with van der Waals surface area (Å²) < 4.78 is 12.9. The van der Waals surface area contributed by atoms with Crippen LogP contribution in [0.5, 0.6) is 5.75 Å². The number of anilines is 1. The van der Waals surface area contributed by atoms with Crippen molar-refractivity contribution < 1.29 is 13.9 Å². The van der Waals surface area contributed by atoms with Gasteiger partial charge in [-0.3, -0.25) is 9.36 Å². The molecule has 0 radical (unpaired) electrons. The van der Waals surface area contributed by atoms with E-state index in [1.165, 1.54) is 11.8 Å². The van der Waals surface area contributed by atoms with Crippen LogP contribution in [0.1, 0.15) is 6.92 Å². The van der Waals surface area contributed by atoms with Crippen molar-refractivity contribution in [3.05, 3.63) is 70.9 Å². The maximum absolute atomic E-state index is 12.5. The highest BCUT2D eigenvalue weighted by Gasteiger charge is 2.19. The first kappa shape index (κ1) is 22.3. The second-order valence-corrected chi connectivity index (χ2v) is 8.36. The molecule has 2 aromatic carbocycles. The number of benzene rings is 2. The molecule has 0 aliphatic rings. The van der Waals surface area contributed by atoms with Crippen molar-refractivity contribution in [1.29, 1.82) is 0 Å². The molecule has 4 aromatic rings. The predicted molar refractivity (Wildman–Crippen MR) is 126 cm³/mol. The van der Waals surface area contributed by atoms with E-state index in [1.807, 2.05) is 35.8 Å². The summed E-state index contributed by atoms with van der Waals surface area (Å²) >= 11 is 13.2.